The van der Waals surface area contributed by atoms with Crippen molar-refractivity contribution in [1.82, 2.24) is 4.98 Å². The van der Waals surface area contributed by atoms with Gasteiger partial charge in [-0.1, -0.05) is 24.3 Å². The van der Waals surface area contributed by atoms with Gasteiger partial charge >= 0.3 is 0 Å². The largest absolute Gasteiger partial charge is 0.383 e. The Hall–Kier alpha value is -4.14. The fourth-order valence-electron chi connectivity index (χ4n) is 4.37. The molecule has 4 aromatic rings. The molecular formula is C27H18N6OS3. The lowest BCUT2D eigenvalue weighted by atomic mass is 9.90. The predicted molar refractivity (Wildman–Crippen MR) is 147 cm³/mol. The van der Waals surface area contributed by atoms with Gasteiger partial charge in [0.05, 0.1) is 11.1 Å². The van der Waals surface area contributed by atoms with Crippen molar-refractivity contribution in [2.75, 3.05) is 16.8 Å². The van der Waals surface area contributed by atoms with Gasteiger partial charge in [-0.3, -0.25) is 4.79 Å². The number of hydrogen-bond donors (Lipinski definition) is 2. The van der Waals surface area contributed by atoms with Crippen molar-refractivity contribution >= 4 is 51.2 Å². The molecule has 1 aliphatic carbocycles. The zero-order valence-corrected chi connectivity index (χ0v) is 21.8. The maximum atomic E-state index is 12.8. The Labute approximate surface area is 225 Å². The molecule has 10 heteroatoms. The molecular weight excluding hydrogens is 521 g/mol. The third kappa shape index (κ3) is 4.57. The van der Waals surface area contributed by atoms with E-state index < -0.39 is 0 Å². The maximum absolute atomic E-state index is 12.8. The van der Waals surface area contributed by atoms with Gasteiger partial charge in [0.2, 0.25) is 5.91 Å². The number of anilines is 2. The molecule has 1 amide bonds. The minimum atomic E-state index is -0.228. The molecule has 3 N–H and O–H groups in total. The van der Waals surface area contributed by atoms with Crippen molar-refractivity contribution in [3.05, 3.63) is 68.9 Å². The number of amides is 1. The first-order chi connectivity index (χ1) is 18.0. The van der Waals surface area contributed by atoms with Gasteiger partial charge in [-0.15, -0.1) is 23.1 Å². The van der Waals surface area contributed by atoms with Crippen molar-refractivity contribution in [2.24, 2.45) is 0 Å². The first-order valence-corrected chi connectivity index (χ1v) is 14.0. The summed E-state index contributed by atoms with van der Waals surface area (Å²) in [6.45, 7) is 0. The molecule has 37 heavy (non-hydrogen) atoms. The Morgan fingerprint density at radius 3 is 2.59 bits per heavy atom. The Kier molecular flexibility index (Phi) is 6.94. The smallest absolute Gasteiger partial charge is 0.225 e. The van der Waals surface area contributed by atoms with Gasteiger partial charge < -0.3 is 11.1 Å². The number of nitrogens with zero attached hydrogens (tertiary/aromatic N) is 4. The minimum Gasteiger partial charge on any atom is -0.383 e. The van der Waals surface area contributed by atoms with E-state index >= 15 is 0 Å². The number of nitrogens with two attached hydrogens (primary N) is 1. The number of nitrogen functional groups attached to an aromatic ring is 1. The van der Waals surface area contributed by atoms with Crippen LogP contribution in [0.15, 0.2) is 46.1 Å². The third-order valence-corrected chi connectivity index (χ3v) is 8.91. The number of thiophene rings is 2. The van der Waals surface area contributed by atoms with Crippen LogP contribution in [0.4, 0.5) is 10.8 Å². The summed E-state index contributed by atoms with van der Waals surface area (Å²) in [5.41, 5.74) is 11.6. The van der Waals surface area contributed by atoms with Gasteiger partial charge in [-0.05, 0) is 51.9 Å². The molecule has 0 fully saturated rings. The second-order valence-corrected chi connectivity index (χ2v) is 11.1. The number of nitrogens with one attached hydrogen (secondary N) is 1. The minimum absolute atomic E-state index is 0.0535. The lowest BCUT2D eigenvalue weighted by Crippen LogP contribution is -2.12. The number of rotatable bonds is 6. The molecule has 0 spiro atoms. The van der Waals surface area contributed by atoms with Crippen LogP contribution in [0, 0.1) is 34.0 Å². The predicted octanol–water partition coefficient (Wildman–Crippen LogP) is 5.96. The summed E-state index contributed by atoms with van der Waals surface area (Å²) in [4.78, 5) is 18.2. The standard InChI is InChI=1S/C27H18N6OS3/c28-11-19-18-6-5-15-3-1-2-4-17(15)24(18)37-27(19)32-22(34)8-10-36-26-21(13-30)23(16-7-9-35-14-16)20(12-29)25(31)33-26/h1-4,7,9,14H,5-6,8,10H2,(H2,31,33)(H,32,34). The average Bonchev–Trinajstić information content (AvgIpc) is 3.56. The normalized spacial score (nSPS) is 11.5. The molecule has 0 radical (unpaired) electrons. The summed E-state index contributed by atoms with van der Waals surface area (Å²) in [5, 5.41) is 36.9. The number of fused-ring (bicyclic) bond motifs is 3. The Balaban J connectivity index is 1.33. The van der Waals surface area contributed by atoms with Crippen LogP contribution in [0.2, 0.25) is 0 Å². The van der Waals surface area contributed by atoms with E-state index in [4.69, 9.17) is 5.73 Å². The molecule has 7 nitrogen and oxygen atoms in total. The second-order valence-electron chi connectivity index (χ2n) is 8.19. The highest BCUT2D eigenvalue weighted by molar-refractivity contribution is 7.99. The second kappa shape index (κ2) is 10.5. The molecule has 5 rings (SSSR count). The van der Waals surface area contributed by atoms with Crippen LogP contribution in [-0.4, -0.2) is 16.6 Å². The molecule has 0 saturated heterocycles. The van der Waals surface area contributed by atoms with Crippen LogP contribution in [0.5, 0.6) is 0 Å². The van der Waals surface area contributed by atoms with Gasteiger partial charge in [-0.2, -0.15) is 27.1 Å². The Morgan fingerprint density at radius 1 is 1.08 bits per heavy atom. The topological polar surface area (TPSA) is 139 Å². The van der Waals surface area contributed by atoms with Gasteiger partial charge in [0.1, 0.15) is 39.6 Å². The molecule has 0 unspecified atom stereocenters. The fourth-order valence-corrected chi connectivity index (χ4v) is 7.23. The van der Waals surface area contributed by atoms with Gasteiger partial charge in [0.15, 0.2) is 0 Å². The van der Waals surface area contributed by atoms with E-state index in [1.54, 1.807) is 0 Å². The summed E-state index contributed by atoms with van der Waals surface area (Å²) >= 11 is 4.13. The number of aromatic nitrogens is 1. The van der Waals surface area contributed by atoms with E-state index in [0.717, 1.165) is 34.4 Å². The van der Waals surface area contributed by atoms with Gasteiger partial charge in [0, 0.05) is 22.6 Å². The number of carbonyl (C=O) groups excluding carboxylic acids is 1. The zero-order chi connectivity index (χ0) is 25.9. The quantitative estimate of drug-likeness (QED) is 0.289. The number of pyridine rings is 1. The van der Waals surface area contributed by atoms with Crippen molar-refractivity contribution in [3.63, 3.8) is 0 Å². The maximum Gasteiger partial charge on any atom is 0.225 e. The molecule has 1 aromatic carbocycles. The molecule has 0 saturated carbocycles. The van der Waals surface area contributed by atoms with Crippen LogP contribution >= 0.6 is 34.4 Å². The summed E-state index contributed by atoms with van der Waals surface area (Å²) in [6.07, 6.45) is 1.79. The lowest BCUT2D eigenvalue weighted by molar-refractivity contribution is -0.115. The zero-order valence-electron chi connectivity index (χ0n) is 19.4. The van der Waals surface area contributed by atoms with Crippen molar-refractivity contribution in [3.8, 4) is 39.8 Å². The number of nitriles is 3. The number of aryl methyl sites for hydroxylation is 1. The molecule has 180 valence electrons. The van der Waals surface area contributed by atoms with Crippen LogP contribution in [0.1, 0.15) is 34.2 Å². The summed E-state index contributed by atoms with van der Waals surface area (Å²) in [6, 6.07) is 16.5. The molecule has 3 heterocycles. The summed E-state index contributed by atoms with van der Waals surface area (Å²) in [5.74, 6) is 0.171. The molecule has 3 aromatic heterocycles. The fraction of sp³-hybridized carbons (Fsp3) is 0.148. The number of carbonyl (C=O) groups is 1. The van der Waals surface area contributed by atoms with Crippen LogP contribution in [0.25, 0.3) is 21.6 Å². The average molecular weight is 539 g/mol. The highest BCUT2D eigenvalue weighted by Crippen LogP contribution is 2.45. The SMILES string of the molecule is N#Cc1c(NC(=O)CCSc2nc(N)c(C#N)c(-c3ccsc3)c2C#N)sc2c1CCc1ccccc1-2. The number of thioether (sulfide) groups is 1. The number of hydrogen-bond acceptors (Lipinski definition) is 9. The summed E-state index contributed by atoms with van der Waals surface area (Å²) < 4.78 is 0. The highest BCUT2D eigenvalue weighted by Gasteiger charge is 2.25. The van der Waals surface area contributed by atoms with Crippen molar-refractivity contribution in [1.29, 1.82) is 15.8 Å². The van der Waals surface area contributed by atoms with Crippen LogP contribution in [0.3, 0.4) is 0 Å². The third-order valence-electron chi connectivity index (χ3n) is 6.07. The molecule has 0 aliphatic heterocycles. The molecule has 0 bridgehead atoms. The van der Waals surface area contributed by atoms with E-state index in [2.05, 4.69) is 40.6 Å². The molecule has 1 aliphatic rings. The summed E-state index contributed by atoms with van der Waals surface area (Å²) in [7, 11) is 0. The Bertz CT molecular complexity index is 1650. The van der Waals surface area contributed by atoms with E-state index in [0.29, 0.717) is 26.9 Å². The van der Waals surface area contributed by atoms with Crippen LogP contribution in [-0.2, 0) is 17.6 Å². The highest BCUT2D eigenvalue weighted by atomic mass is 32.2. The van der Waals surface area contributed by atoms with Crippen LogP contribution < -0.4 is 11.1 Å². The lowest BCUT2D eigenvalue weighted by Gasteiger charge is -2.15. The number of benzene rings is 1. The first kappa shape index (κ1) is 24.5. The van der Waals surface area contributed by atoms with E-state index in [-0.39, 0.29) is 29.3 Å². The van der Waals surface area contributed by atoms with E-state index in [1.165, 1.54) is 40.0 Å². The molecule has 0 atom stereocenters. The van der Waals surface area contributed by atoms with E-state index in [1.807, 2.05) is 29.0 Å². The van der Waals surface area contributed by atoms with Gasteiger partial charge in [0.25, 0.3) is 0 Å². The Morgan fingerprint density at radius 2 is 1.86 bits per heavy atom. The van der Waals surface area contributed by atoms with Gasteiger partial charge in [-0.25, -0.2) is 4.98 Å². The van der Waals surface area contributed by atoms with E-state index in [9.17, 15) is 20.6 Å². The van der Waals surface area contributed by atoms with Crippen molar-refractivity contribution < 1.29 is 4.79 Å². The first-order valence-electron chi connectivity index (χ1n) is 11.3. The monoisotopic (exact) mass is 538 g/mol. The van der Waals surface area contributed by atoms with Crippen molar-refractivity contribution in [2.45, 2.75) is 24.3 Å².